The molecule has 1 amide bonds. The molecule has 120 valence electrons. The van der Waals surface area contributed by atoms with Gasteiger partial charge in [-0.15, -0.1) is 0 Å². The van der Waals surface area contributed by atoms with Gasteiger partial charge >= 0.3 is 0 Å². The number of carbonyl (C=O) groups is 1. The molecule has 0 aliphatic carbocycles. The minimum absolute atomic E-state index is 0.0513. The molecule has 0 saturated heterocycles. The van der Waals surface area contributed by atoms with Crippen molar-refractivity contribution in [3.63, 3.8) is 0 Å². The van der Waals surface area contributed by atoms with Gasteiger partial charge in [0.05, 0.1) is 19.9 Å². The van der Waals surface area contributed by atoms with Crippen molar-refractivity contribution in [1.29, 1.82) is 0 Å². The third-order valence-corrected chi connectivity index (χ3v) is 3.62. The van der Waals surface area contributed by atoms with Gasteiger partial charge in [-0.3, -0.25) is 4.79 Å². The zero-order chi connectivity index (χ0) is 16.7. The molecule has 0 fully saturated rings. The highest BCUT2D eigenvalue weighted by molar-refractivity contribution is 14.1. The minimum Gasteiger partial charge on any atom is -0.504 e. The molecule has 0 radical (unpaired) electrons. The van der Waals surface area contributed by atoms with E-state index in [0.29, 0.717) is 11.3 Å². The number of phenolic OH excluding ortho intramolecular Hbond substituents is 1. The molecule has 3 N–H and O–H groups in total. The summed E-state index contributed by atoms with van der Waals surface area (Å²) < 4.78 is 6.13. The van der Waals surface area contributed by atoms with Crippen molar-refractivity contribution >= 4 is 40.4 Å². The predicted octanol–water partition coefficient (Wildman–Crippen LogP) is 2.57. The molecule has 23 heavy (non-hydrogen) atoms. The van der Waals surface area contributed by atoms with Gasteiger partial charge in [0.1, 0.15) is 0 Å². The van der Waals surface area contributed by atoms with Crippen LogP contribution in [0, 0.1) is 3.57 Å². The Kier molecular flexibility index (Phi) is 6.21. The number of amides is 1. The molecule has 0 aliphatic heterocycles. The summed E-state index contributed by atoms with van der Waals surface area (Å²) >= 11 is 2.22. The van der Waals surface area contributed by atoms with Crippen molar-refractivity contribution in [3.8, 4) is 11.5 Å². The van der Waals surface area contributed by atoms with E-state index in [9.17, 15) is 9.90 Å². The first-order valence-electron chi connectivity index (χ1n) is 6.77. The number of hydrogen-bond donors (Lipinski definition) is 3. The van der Waals surface area contributed by atoms with Crippen LogP contribution in [0.1, 0.15) is 5.56 Å². The van der Waals surface area contributed by atoms with Crippen LogP contribution < -0.4 is 15.5 Å². The van der Waals surface area contributed by atoms with Crippen LogP contribution >= 0.6 is 22.6 Å². The maximum atomic E-state index is 11.7. The number of carbonyl (C=O) groups excluding carboxylic acids is 1. The molecule has 2 rings (SSSR count). The molecule has 6 nitrogen and oxygen atoms in total. The number of phenols is 1. The van der Waals surface area contributed by atoms with Gasteiger partial charge in [-0.25, -0.2) is 5.43 Å². The van der Waals surface area contributed by atoms with Crippen LogP contribution in [0.25, 0.3) is 0 Å². The van der Waals surface area contributed by atoms with Gasteiger partial charge in [0.25, 0.3) is 5.91 Å². The summed E-state index contributed by atoms with van der Waals surface area (Å²) in [6.07, 6.45) is 1.48. The Hall–Kier alpha value is -2.29. The van der Waals surface area contributed by atoms with Crippen LogP contribution in [0.2, 0.25) is 0 Å². The molecule has 0 unspecified atom stereocenters. The van der Waals surface area contributed by atoms with E-state index in [1.807, 2.05) is 24.3 Å². The van der Waals surface area contributed by atoms with Crippen LogP contribution in [-0.4, -0.2) is 30.9 Å². The first-order valence-corrected chi connectivity index (χ1v) is 7.84. The highest BCUT2D eigenvalue weighted by Gasteiger charge is 2.02. The summed E-state index contributed by atoms with van der Waals surface area (Å²) in [5.74, 6) is 0.140. The number of aromatic hydroxyl groups is 1. The van der Waals surface area contributed by atoms with Crippen molar-refractivity contribution in [2.45, 2.75) is 0 Å². The Balaban J connectivity index is 1.82. The predicted molar refractivity (Wildman–Crippen MR) is 98.0 cm³/mol. The van der Waals surface area contributed by atoms with Gasteiger partial charge in [0, 0.05) is 9.26 Å². The number of methoxy groups -OCH3 is 1. The first kappa shape index (κ1) is 17.1. The topological polar surface area (TPSA) is 83.0 Å². The molecule has 2 aromatic carbocycles. The fraction of sp³-hybridized carbons (Fsp3) is 0.125. The molecule has 0 aromatic heterocycles. The lowest BCUT2D eigenvalue weighted by Crippen LogP contribution is -2.25. The quantitative estimate of drug-likeness (QED) is 0.378. The summed E-state index contributed by atoms with van der Waals surface area (Å²) in [6.45, 7) is 0.122. The molecule has 0 bridgehead atoms. The second-order valence-electron chi connectivity index (χ2n) is 4.58. The van der Waals surface area contributed by atoms with E-state index in [1.54, 1.807) is 12.1 Å². The van der Waals surface area contributed by atoms with Crippen LogP contribution in [0.5, 0.6) is 11.5 Å². The van der Waals surface area contributed by atoms with Crippen molar-refractivity contribution in [2.24, 2.45) is 5.10 Å². The normalized spacial score (nSPS) is 10.5. The summed E-state index contributed by atoms with van der Waals surface area (Å²) in [5.41, 5.74) is 4.00. The van der Waals surface area contributed by atoms with Crippen LogP contribution in [-0.2, 0) is 4.79 Å². The van der Waals surface area contributed by atoms with E-state index in [2.05, 4.69) is 38.4 Å². The van der Waals surface area contributed by atoms with Crippen LogP contribution in [0.3, 0.4) is 0 Å². The van der Waals surface area contributed by atoms with E-state index in [1.165, 1.54) is 19.4 Å². The number of halogens is 1. The SMILES string of the molecule is COc1cc(/C=N\NC(=O)CNc2ccc(I)cc2)ccc1O. The van der Waals surface area contributed by atoms with Gasteiger partial charge in [-0.05, 0) is 70.6 Å². The molecular formula is C16H16IN3O3. The lowest BCUT2D eigenvalue weighted by Gasteiger charge is -2.05. The highest BCUT2D eigenvalue weighted by atomic mass is 127. The molecule has 0 atom stereocenters. The average Bonchev–Trinajstić information content (AvgIpc) is 2.56. The molecule has 7 heteroatoms. The van der Waals surface area contributed by atoms with Crippen molar-refractivity contribution < 1.29 is 14.6 Å². The van der Waals surface area contributed by atoms with E-state index in [-0.39, 0.29) is 18.2 Å². The minimum atomic E-state index is -0.259. The van der Waals surface area contributed by atoms with Crippen molar-refractivity contribution in [1.82, 2.24) is 5.43 Å². The van der Waals surface area contributed by atoms with Gasteiger partial charge in [0.2, 0.25) is 0 Å². The van der Waals surface area contributed by atoms with Crippen molar-refractivity contribution in [3.05, 3.63) is 51.6 Å². The Labute approximate surface area is 147 Å². The van der Waals surface area contributed by atoms with Gasteiger partial charge in [-0.2, -0.15) is 5.10 Å². The molecule has 0 aliphatic rings. The van der Waals surface area contributed by atoms with E-state index in [4.69, 9.17) is 4.74 Å². The third kappa shape index (κ3) is 5.44. The Morgan fingerprint density at radius 2 is 2.04 bits per heavy atom. The number of nitrogens with zero attached hydrogens (tertiary/aromatic N) is 1. The lowest BCUT2D eigenvalue weighted by atomic mass is 10.2. The third-order valence-electron chi connectivity index (χ3n) is 2.90. The number of rotatable bonds is 6. The monoisotopic (exact) mass is 425 g/mol. The zero-order valence-electron chi connectivity index (χ0n) is 12.4. The summed E-state index contributed by atoms with van der Waals surface area (Å²) in [5, 5.41) is 16.4. The number of hydrazone groups is 1. The van der Waals surface area contributed by atoms with E-state index in [0.717, 1.165) is 9.26 Å². The fourth-order valence-electron chi connectivity index (χ4n) is 1.74. The largest absolute Gasteiger partial charge is 0.504 e. The summed E-state index contributed by atoms with van der Waals surface area (Å²) in [7, 11) is 1.47. The lowest BCUT2D eigenvalue weighted by molar-refractivity contribution is -0.119. The van der Waals surface area contributed by atoms with Gasteiger partial charge in [-0.1, -0.05) is 0 Å². The van der Waals surface area contributed by atoms with Gasteiger partial charge in [0.15, 0.2) is 11.5 Å². The van der Waals surface area contributed by atoms with Crippen LogP contribution in [0.15, 0.2) is 47.6 Å². The molecule has 0 saturated carbocycles. The van der Waals surface area contributed by atoms with E-state index < -0.39 is 0 Å². The Morgan fingerprint density at radius 1 is 1.30 bits per heavy atom. The first-order chi connectivity index (χ1) is 11.1. The zero-order valence-corrected chi connectivity index (χ0v) is 14.6. The van der Waals surface area contributed by atoms with Crippen molar-refractivity contribution in [2.75, 3.05) is 19.0 Å². The van der Waals surface area contributed by atoms with Gasteiger partial charge < -0.3 is 15.2 Å². The number of nitrogens with one attached hydrogen (secondary N) is 2. The highest BCUT2D eigenvalue weighted by Crippen LogP contribution is 2.25. The average molecular weight is 425 g/mol. The molecule has 0 heterocycles. The maximum Gasteiger partial charge on any atom is 0.259 e. The number of hydrogen-bond acceptors (Lipinski definition) is 5. The number of ether oxygens (including phenoxy) is 1. The number of anilines is 1. The Morgan fingerprint density at radius 3 is 2.74 bits per heavy atom. The van der Waals surface area contributed by atoms with Crippen LogP contribution in [0.4, 0.5) is 5.69 Å². The molecular weight excluding hydrogens is 409 g/mol. The number of benzene rings is 2. The summed E-state index contributed by atoms with van der Waals surface area (Å²) in [4.78, 5) is 11.7. The smallest absolute Gasteiger partial charge is 0.259 e. The molecule has 2 aromatic rings. The summed E-state index contributed by atoms with van der Waals surface area (Å²) in [6, 6.07) is 12.5. The standard InChI is InChI=1S/C16H16IN3O3/c1-23-15-8-11(2-7-14(15)21)9-19-20-16(22)10-18-13-5-3-12(17)4-6-13/h2-9,18,21H,10H2,1H3,(H,20,22)/b19-9-. The van der Waals surface area contributed by atoms with E-state index >= 15 is 0 Å². The second-order valence-corrected chi connectivity index (χ2v) is 5.83. The maximum absolute atomic E-state index is 11.7. The Bertz CT molecular complexity index is 702. The molecule has 0 spiro atoms. The fourth-order valence-corrected chi connectivity index (χ4v) is 2.10. The second kappa shape index (κ2) is 8.37.